The van der Waals surface area contributed by atoms with Crippen LogP contribution in [0.3, 0.4) is 0 Å². The Labute approximate surface area is 140 Å². The lowest BCUT2D eigenvalue weighted by molar-refractivity contribution is -0.654. The molecule has 126 valence electrons. The summed E-state index contributed by atoms with van der Waals surface area (Å²) >= 11 is 0. The van der Waals surface area contributed by atoms with E-state index in [-0.39, 0.29) is 10.7 Å². The monoisotopic (exact) mass is 349 g/mol. The molecule has 2 rings (SSSR count). The van der Waals surface area contributed by atoms with E-state index in [1.54, 1.807) is 0 Å². The number of hydrogen-bond donors (Lipinski definition) is 1. The van der Waals surface area contributed by atoms with Gasteiger partial charge in [-0.1, -0.05) is 71.7 Å². The third-order valence-electron chi connectivity index (χ3n) is 5.07. The van der Waals surface area contributed by atoms with E-state index in [4.69, 9.17) is 4.52 Å². The van der Waals surface area contributed by atoms with Crippen LogP contribution in [0.25, 0.3) is 5.69 Å². The number of nitrogens with zero attached hydrogens (tertiary/aromatic N) is 1. The van der Waals surface area contributed by atoms with Crippen molar-refractivity contribution in [3.8, 4) is 5.69 Å². The number of para-hydroxylation sites is 1. The third kappa shape index (κ3) is 3.14. The second-order valence-corrected chi connectivity index (χ2v) is 19.1. The van der Waals surface area contributed by atoms with Gasteiger partial charge in [0.1, 0.15) is 0 Å². The number of benzene rings is 1. The standard InChI is InChI=1S/C17H28N2O2Si2/c1-17(2,3)23(7,8)15-16(20)21-18-19(15)13-11-9-10-12-14(13)22(4,5)6/h9-12H,1-8H3/p+1. The predicted octanol–water partition coefficient (Wildman–Crippen LogP) is 2.51. The number of aromatic nitrogens is 2. The molecule has 23 heavy (non-hydrogen) atoms. The molecular formula is C17H29N2O2Si2+. The first-order chi connectivity index (χ1) is 10.4. The summed E-state index contributed by atoms with van der Waals surface area (Å²) in [4.78, 5) is 12.5. The molecule has 0 atom stereocenters. The molecule has 0 spiro atoms. The summed E-state index contributed by atoms with van der Waals surface area (Å²) in [6, 6.07) is 8.35. The van der Waals surface area contributed by atoms with Crippen molar-refractivity contribution in [3.63, 3.8) is 0 Å². The van der Waals surface area contributed by atoms with E-state index in [0.717, 1.165) is 11.0 Å². The van der Waals surface area contributed by atoms with Gasteiger partial charge in [-0.25, -0.2) is 4.79 Å². The fourth-order valence-electron chi connectivity index (χ4n) is 2.63. The van der Waals surface area contributed by atoms with E-state index in [9.17, 15) is 4.79 Å². The number of H-pyrrole nitrogens is 1. The van der Waals surface area contributed by atoms with Crippen molar-refractivity contribution in [2.75, 3.05) is 0 Å². The maximum absolute atomic E-state index is 12.5. The van der Waals surface area contributed by atoms with Gasteiger partial charge < -0.3 is 0 Å². The summed E-state index contributed by atoms with van der Waals surface area (Å²) in [5.74, 6) is 0. The van der Waals surface area contributed by atoms with Gasteiger partial charge in [0.15, 0.2) is 8.07 Å². The molecule has 0 amide bonds. The van der Waals surface area contributed by atoms with E-state index in [1.807, 2.05) is 10.7 Å². The zero-order valence-corrected chi connectivity index (χ0v) is 17.6. The van der Waals surface area contributed by atoms with Crippen molar-refractivity contribution in [2.24, 2.45) is 0 Å². The maximum atomic E-state index is 12.5. The smallest absolute Gasteiger partial charge is 0.283 e. The molecule has 4 nitrogen and oxygen atoms in total. The molecule has 1 heterocycles. The molecule has 1 aromatic heterocycles. The molecule has 6 heteroatoms. The summed E-state index contributed by atoms with van der Waals surface area (Å²) in [5.41, 5.74) is 0.819. The van der Waals surface area contributed by atoms with Gasteiger partial charge >= 0.3 is 5.63 Å². The Bertz CT molecular complexity index is 762. The number of hydrogen-bond acceptors (Lipinski definition) is 2. The fraction of sp³-hybridized carbons (Fsp3) is 0.529. The summed E-state index contributed by atoms with van der Waals surface area (Å²) in [5, 5.41) is 5.05. The van der Waals surface area contributed by atoms with Crippen LogP contribution in [0.1, 0.15) is 20.8 Å². The SMILES string of the molecule is CC(C)(C)[Si](C)(C)c1c(=O)o[nH][n+]1-c1ccccc1[Si](C)(C)C. The molecule has 0 aliphatic carbocycles. The predicted molar refractivity (Wildman–Crippen MR) is 101 cm³/mol. The minimum atomic E-state index is -2.04. The number of aromatic amines is 1. The Hall–Kier alpha value is -1.41. The van der Waals surface area contributed by atoms with Gasteiger partial charge in [0.05, 0.1) is 8.07 Å². The third-order valence-corrected chi connectivity index (χ3v) is 12.5. The van der Waals surface area contributed by atoms with Crippen LogP contribution in [0.2, 0.25) is 37.8 Å². The first-order valence-corrected chi connectivity index (χ1v) is 14.6. The Morgan fingerprint density at radius 3 is 2.13 bits per heavy atom. The summed E-state index contributed by atoms with van der Waals surface area (Å²) < 4.78 is 7.14. The second kappa shape index (κ2) is 5.59. The van der Waals surface area contributed by atoms with Gasteiger partial charge in [0.25, 0.3) is 5.32 Å². The van der Waals surface area contributed by atoms with Crippen LogP contribution in [0.4, 0.5) is 0 Å². The van der Waals surface area contributed by atoms with Crippen molar-refractivity contribution in [3.05, 3.63) is 34.7 Å². The first-order valence-electron chi connectivity index (χ1n) is 8.11. The minimum Gasteiger partial charge on any atom is -0.283 e. The van der Waals surface area contributed by atoms with E-state index in [2.05, 4.69) is 77.0 Å². The average molecular weight is 350 g/mol. The molecule has 1 N–H and O–H groups in total. The van der Waals surface area contributed by atoms with Crippen LogP contribution >= 0.6 is 0 Å². The molecule has 0 radical (unpaired) electrons. The van der Waals surface area contributed by atoms with Crippen molar-refractivity contribution >= 4 is 26.7 Å². The molecule has 0 aliphatic rings. The summed E-state index contributed by atoms with van der Waals surface area (Å²) in [6.07, 6.45) is 0. The minimum absolute atomic E-state index is 0.0553. The number of rotatable bonds is 3. The molecule has 0 bridgehead atoms. The second-order valence-electron chi connectivity index (χ2n) is 8.81. The molecule has 2 aromatic rings. The molecule has 0 saturated carbocycles. The largest absolute Gasteiger partial charge is 0.424 e. The van der Waals surface area contributed by atoms with Crippen molar-refractivity contribution in [2.45, 2.75) is 58.5 Å². The van der Waals surface area contributed by atoms with Crippen LogP contribution in [-0.2, 0) is 0 Å². The van der Waals surface area contributed by atoms with Gasteiger partial charge in [-0.2, -0.15) is 0 Å². The molecule has 0 fully saturated rings. The van der Waals surface area contributed by atoms with Gasteiger partial charge in [-0.3, -0.25) is 4.52 Å². The topological polar surface area (TPSA) is 49.9 Å². The Kier molecular flexibility index (Phi) is 4.36. The average Bonchev–Trinajstić information content (AvgIpc) is 2.79. The van der Waals surface area contributed by atoms with Crippen molar-refractivity contribution in [1.82, 2.24) is 5.27 Å². The van der Waals surface area contributed by atoms with E-state index in [1.165, 1.54) is 5.19 Å². The normalized spacial score (nSPS) is 13.4. The quantitative estimate of drug-likeness (QED) is 0.684. The molecule has 1 aromatic carbocycles. The highest BCUT2D eigenvalue weighted by Gasteiger charge is 2.49. The molecule has 0 aliphatic heterocycles. The van der Waals surface area contributed by atoms with Gasteiger partial charge in [0, 0.05) is 11.3 Å². The molecule has 0 saturated heterocycles. The van der Waals surface area contributed by atoms with Crippen LogP contribution < -0.4 is 20.8 Å². The van der Waals surface area contributed by atoms with E-state index in [0.29, 0.717) is 0 Å². The van der Waals surface area contributed by atoms with Crippen LogP contribution in [0.5, 0.6) is 0 Å². The zero-order chi connectivity index (χ0) is 17.6. The van der Waals surface area contributed by atoms with Crippen LogP contribution in [0.15, 0.2) is 33.6 Å². The highest BCUT2D eigenvalue weighted by Crippen LogP contribution is 2.34. The van der Waals surface area contributed by atoms with Crippen molar-refractivity contribution in [1.29, 1.82) is 0 Å². The lowest BCUT2D eigenvalue weighted by Crippen LogP contribution is -2.69. The van der Waals surface area contributed by atoms with Gasteiger partial charge in [-0.05, 0) is 15.0 Å². The van der Waals surface area contributed by atoms with E-state index < -0.39 is 16.1 Å². The molecular weight excluding hydrogens is 320 g/mol. The zero-order valence-electron chi connectivity index (χ0n) is 15.6. The van der Waals surface area contributed by atoms with Crippen LogP contribution in [-0.4, -0.2) is 21.4 Å². The summed E-state index contributed by atoms with van der Waals surface area (Å²) in [6.45, 7) is 18.0. The maximum Gasteiger partial charge on any atom is 0.424 e. The Morgan fingerprint density at radius 1 is 1.04 bits per heavy atom. The molecule has 0 unspecified atom stereocenters. The fourth-order valence-corrected chi connectivity index (χ4v) is 6.19. The number of nitrogens with one attached hydrogen (secondary N) is 1. The van der Waals surface area contributed by atoms with Crippen molar-refractivity contribution < 1.29 is 9.20 Å². The van der Waals surface area contributed by atoms with Gasteiger partial charge in [-0.15, -0.1) is 0 Å². The summed E-state index contributed by atoms with van der Waals surface area (Å²) in [7, 11) is -3.59. The lowest BCUT2D eigenvalue weighted by atomic mass is 10.2. The first kappa shape index (κ1) is 17.9. The van der Waals surface area contributed by atoms with Crippen LogP contribution in [0, 0.1) is 0 Å². The highest BCUT2D eigenvalue weighted by atomic mass is 28.3. The highest BCUT2D eigenvalue weighted by molar-refractivity contribution is 6.91. The van der Waals surface area contributed by atoms with E-state index >= 15 is 0 Å². The van der Waals surface area contributed by atoms with Gasteiger partial charge in [0.2, 0.25) is 5.69 Å². The lowest BCUT2D eigenvalue weighted by Gasteiger charge is -2.31. The Morgan fingerprint density at radius 2 is 1.61 bits per heavy atom. The Balaban J connectivity index is 2.78.